The second kappa shape index (κ2) is 7.37. The van der Waals surface area contributed by atoms with Crippen molar-refractivity contribution in [2.75, 3.05) is 19.4 Å². The molecule has 2 aromatic carbocycles. The SMILES string of the molecule is C[N+]1(C)C2CCC1CC(OC(=O)Nc1ccc(F)cc1-c1cccc(Cl)c1)C2. The van der Waals surface area contributed by atoms with Gasteiger partial charge in [0.05, 0.1) is 31.9 Å². The molecule has 2 saturated heterocycles. The zero-order valence-corrected chi connectivity index (χ0v) is 16.9. The van der Waals surface area contributed by atoms with E-state index in [9.17, 15) is 9.18 Å². The van der Waals surface area contributed by atoms with E-state index in [1.807, 2.05) is 6.07 Å². The first-order valence-corrected chi connectivity index (χ1v) is 10.1. The van der Waals surface area contributed by atoms with Gasteiger partial charge in [-0.05, 0) is 35.9 Å². The summed E-state index contributed by atoms with van der Waals surface area (Å²) in [5.41, 5.74) is 1.81. The summed E-state index contributed by atoms with van der Waals surface area (Å²) in [5.74, 6) is -0.377. The number of hydrogen-bond donors (Lipinski definition) is 1. The molecule has 1 N–H and O–H groups in total. The van der Waals surface area contributed by atoms with Crippen LogP contribution in [0.4, 0.5) is 14.9 Å². The number of quaternary nitrogens is 1. The van der Waals surface area contributed by atoms with E-state index in [1.165, 1.54) is 25.0 Å². The summed E-state index contributed by atoms with van der Waals surface area (Å²) >= 11 is 6.07. The van der Waals surface area contributed by atoms with Gasteiger partial charge >= 0.3 is 6.09 Å². The highest BCUT2D eigenvalue weighted by Gasteiger charge is 2.49. The molecule has 2 unspecified atom stereocenters. The number of hydrogen-bond acceptors (Lipinski definition) is 2. The lowest BCUT2D eigenvalue weighted by molar-refractivity contribution is -0.931. The van der Waals surface area contributed by atoms with Crippen LogP contribution >= 0.6 is 11.6 Å². The largest absolute Gasteiger partial charge is 0.445 e. The normalized spacial score (nSPS) is 25.4. The number of amides is 1. The quantitative estimate of drug-likeness (QED) is 0.690. The summed E-state index contributed by atoms with van der Waals surface area (Å²) in [6.07, 6.45) is 3.60. The summed E-state index contributed by atoms with van der Waals surface area (Å²) in [5, 5.41) is 3.35. The maximum atomic E-state index is 13.8. The number of nitrogens with one attached hydrogen (secondary N) is 1. The highest BCUT2D eigenvalue weighted by Crippen LogP contribution is 2.40. The zero-order valence-electron chi connectivity index (χ0n) is 16.1. The Morgan fingerprint density at radius 3 is 2.54 bits per heavy atom. The van der Waals surface area contributed by atoms with Crippen LogP contribution in [-0.2, 0) is 4.74 Å². The highest BCUT2D eigenvalue weighted by molar-refractivity contribution is 6.30. The van der Waals surface area contributed by atoms with Crippen LogP contribution in [0.25, 0.3) is 11.1 Å². The Kier molecular flexibility index (Phi) is 5.06. The molecule has 2 aromatic rings. The molecule has 2 aliphatic heterocycles. The Bertz CT molecular complexity index is 886. The average Bonchev–Trinajstić information content (AvgIpc) is 2.81. The van der Waals surface area contributed by atoms with Crippen molar-refractivity contribution in [2.24, 2.45) is 0 Å². The van der Waals surface area contributed by atoms with Crippen LogP contribution in [0.15, 0.2) is 42.5 Å². The van der Waals surface area contributed by atoms with Gasteiger partial charge in [0.15, 0.2) is 0 Å². The number of ether oxygens (including phenoxy) is 1. The summed E-state index contributed by atoms with van der Waals surface area (Å²) in [4.78, 5) is 12.6. The fourth-order valence-electron chi connectivity index (χ4n) is 4.74. The Morgan fingerprint density at radius 1 is 1.14 bits per heavy atom. The fourth-order valence-corrected chi connectivity index (χ4v) is 4.93. The van der Waals surface area contributed by atoms with Crippen LogP contribution in [0.3, 0.4) is 0 Å². The van der Waals surface area contributed by atoms with Crippen LogP contribution in [0.1, 0.15) is 25.7 Å². The first kappa shape index (κ1) is 19.2. The molecule has 148 valence electrons. The van der Waals surface area contributed by atoms with Gasteiger partial charge in [-0.1, -0.05) is 23.7 Å². The van der Waals surface area contributed by atoms with Crippen molar-refractivity contribution in [1.29, 1.82) is 0 Å². The molecular weight excluding hydrogens is 379 g/mol. The Morgan fingerprint density at radius 2 is 1.86 bits per heavy atom. The van der Waals surface area contributed by atoms with E-state index in [1.54, 1.807) is 24.3 Å². The van der Waals surface area contributed by atoms with Crippen LogP contribution in [0, 0.1) is 5.82 Å². The first-order valence-electron chi connectivity index (χ1n) is 9.69. The maximum absolute atomic E-state index is 13.8. The molecule has 0 aliphatic carbocycles. The van der Waals surface area contributed by atoms with E-state index in [0.717, 1.165) is 22.9 Å². The average molecular weight is 404 g/mol. The molecule has 2 heterocycles. The smallest absolute Gasteiger partial charge is 0.411 e. The number of piperidine rings is 1. The monoisotopic (exact) mass is 403 g/mol. The molecule has 1 amide bonds. The number of benzene rings is 2. The number of nitrogens with zero attached hydrogens (tertiary/aromatic N) is 1. The lowest BCUT2D eigenvalue weighted by Crippen LogP contribution is -2.56. The molecule has 6 heteroatoms. The number of anilines is 1. The molecule has 2 fully saturated rings. The number of carbonyl (C=O) groups is 1. The van der Waals surface area contributed by atoms with Gasteiger partial charge in [-0.25, -0.2) is 9.18 Å². The Balaban J connectivity index is 1.48. The van der Waals surface area contributed by atoms with Gasteiger partial charge in [-0.15, -0.1) is 0 Å². The van der Waals surface area contributed by atoms with E-state index in [-0.39, 0.29) is 11.9 Å². The van der Waals surface area contributed by atoms with Crippen molar-refractivity contribution in [3.05, 3.63) is 53.3 Å². The number of carbonyl (C=O) groups excluding carboxylic acids is 1. The number of fused-ring (bicyclic) bond motifs is 2. The third-order valence-corrected chi connectivity index (χ3v) is 6.65. The third kappa shape index (κ3) is 3.74. The van der Waals surface area contributed by atoms with Crippen molar-refractivity contribution in [3.8, 4) is 11.1 Å². The standard InChI is InChI=1S/C22H24ClFN2O2/c1-26(2)17-7-8-18(26)13-19(12-17)28-22(27)25-21-9-6-16(24)11-20(21)14-4-3-5-15(23)10-14/h3-6,9-11,17-19H,7-8,12-13H2,1-2H3/p+1. The van der Waals surface area contributed by atoms with E-state index >= 15 is 0 Å². The van der Waals surface area contributed by atoms with Crippen molar-refractivity contribution in [3.63, 3.8) is 0 Å². The zero-order chi connectivity index (χ0) is 19.9. The predicted octanol–water partition coefficient (Wildman–Crippen LogP) is 5.46. The molecule has 0 saturated carbocycles. The molecule has 4 rings (SSSR count). The van der Waals surface area contributed by atoms with Crippen molar-refractivity contribution in [2.45, 2.75) is 43.9 Å². The van der Waals surface area contributed by atoms with Crippen LogP contribution in [0.5, 0.6) is 0 Å². The molecule has 4 nitrogen and oxygen atoms in total. The number of rotatable bonds is 3. The molecule has 2 atom stereocenters. The molecule has 28 heavy (non-hydrogen) atoms. The highest BCUT2D eigenvalue weighted by atomic mass is 35.5. The van der Waals surface area contributed by atoms with Crippen molar-refractivity contribution < 1.29 is 18.4 Å². The van der Waals surface area contributed by atoms with Gasteiger partial charge in [0.25, 0.3) is 0 Å². The van der Waals surface area contributed by atoms with Crippen molar-refractivity contribution >= 4 is 23.4 Å². The van der Waals surface area contributed by atoms with Crippen LogP contribution < -0.4 is 5.32 Å². The lowest BCUT2D eigenvalue weighted by atomic mass is 9.98. The minimum absolute atomic E-state index is 0.0706. The van der Waals surface area contributed by atoms with E-state index < -0.39 is 6.09 Å². The van der Waals surface area contributed by atoms with Gasteiger partial charge in [-0.3, -0.25) is 5.32 Å². The Labute approximate surface area is 169 Å². The summed E-state index contributed by atoms with van der Waals surface area (Å²) in [6, 6.07) is 12.5. The minimum Gasteiger partial charge on any atom is -0.445 e. The van der Waals surface area contributed by atoms with Gasteiger partial charge in [-0.2, -0.15) is 0 Å². The van der Waals surface area contributed by atoms with Gasteiger partial charge in [0.1, 0.15) is 11.9 Å². The lowest BCUT2D eigenvalue weighted by Gasteiger charge is -2.43. The van der Waals surface area contributed by atoms with Gasteiger partial charge in [0, 0.05) is 36.3 Å². The Hall–Kier alpha value is -2.11. The molecular formula is C22H25ClFN2O2+. The molecule has 0 radical (unpaired) electrons. The molecule has 2 aliphatic rings. The van der Waals surface area contributed by atoms with E-state index in [2.05, 4.69) is 19.4 Å². The van der Waals surface area contributed by atoms with Crippen molar-refractivity contribution in [1.82, 2.24) is 0 Å². The summed E-state index contributed by atoms with van der Waals surface area (Å²) < 4.78 is 20.6. The number of halogens is 2. The van der Waals surface area contributed by atoms with Gasteiger partial charge < -0.3 is 9.22 Å². The molecule has 2 bridgehead atoms. The van der Waals surface area contributed by atoms with Gasteiger partial charge in [0.2, 0.25) is 0 Å². The predicted molar refractivity (Wildman–Crippen MR) is 109 cm³/mol. The second-order valence-electron chi connectivity index (χ2n) is 8.34. The minimum atomic E-state index is -0.494. The summed E-state index contributed by atoms with van der Waals surface area (Å²) in [6.45, 7) is 0. The van der Waals surface area contributed by atoms with E-state index in [0.29, 0.717) is 28.4 Å². The maximum Gasteiger partial charge on any atom is 0.411 e. The topological polar surface area (TPSA) is 38.3 Å². The van der Waals surface area contributed by atoms with E-state index in [4.69, 9.17) is 16.3 Å². The third-order valence-electron chi connectivity index (χ3n) is 6.41. The molecule has 0 aromatic heterocycles. The summed E-state index contributed by atoms with van der Waals surface area (Å²) in [7, 11) is 4.54. The van der Waals surface area contributed by atoms with Crippen LogP contribution in [0.2, 0.25) is 5.02 Å². The molecule has 0 spiro atoms. The van der Waals surface area contributed by atoms with Crippen LogP contribution in [-0.4, -0.2) is 42.9 Å². The second-order valence-corrected chi connectivity index (χ2v) is 8.77. The first-order chi connectivity index (χ1) is 13.3. The fraction of sp³-hybridized carbons (Fsp3) is 0.409.